The first-order valence-corrected chi connectivity index (χ1v) is 15.4. The molecule has 44 heavy (non-hydrogen) atoms. The molecule has 0 saturated heterocycles. The zero-order chi connectivity index (χ0) is 29.7. The predicted octanol–water partition coefficient (Wildman–Crippen LogP) is 11.9. The van der Waals surface area contributed by atoms with E-state index < -0.39 is 0 Å². The van der Waals surface area contributed by atoms with Gasteiger partial charge >= 0.3 is 0 Å². The van der Waals surface area contributed by atoms with Crippen LogP contribution in [0.15, 0.2) is 164 Å². The molecule has 0 heterocycles. The summed E-state index contributed by atoms with van der Waals surface area (Å²) in [6.45, 7) is 4.72. The highest BCUT2D eigenvalue weighted by molar-refractivity contribution is 5.94. The molecule has 7 aromatic rings. The fraction of sp³-hybridized carbons (Fsp3) is 0.0698. The molecule has 0 amide bonds. The molecule has 0 fully saturated rings. The molecule has 0 N–H and O–H groups in total. The molecule has 0 saturated carbocycles. The quantitative estimate of drug-likeness (QED) is 0.201. The molecule has 1 aliphatic carbocycles. The van der Waals surface area contributed by atoms with Crippen LogP contribution < -0.4 is 4.90 Å². The van der Waals surface area contributed by atoms with Gasteiger partial charge in [-0.15, -0.1) is 0 Å². The van der Waals surface area contributed by atoms with E-state index in [9.17, 15) is 0 Å². The minimum atomic E-state index is -0.0549. The summed E-state index contributed by atoms with van der Waals surface area (Å²) in [5.74, 6) is 0. The lowest BCUT2D eigenvalue weighted by Crippen LogP contribution is -2.15. The predicted molar refractivity (Wildman–Crippen MR) is 187 cm³/mol. The van der Waals surface area contributed by atoms with Gasteiger partial charge in [0, 0.05) is 22.5 Å². The van der Waals surface area contributed by atoms with E-state index in [1.165, 1.54) is 55.3 Å². The molecule has 0 unspecified atom stereocenters. The summed E-state index contributed by atoms with van der Waals surface area (Å²) in [7, 11) is 0. The lowest BCUT2D eigenvalue weighted by Gasteiger charge is -2.26. The van der Waals surface area contributed by atoms with Gasteiger partial charge in [-0.05, 0) is 110 Å². The van der Waals surface area contributed by atoms with Crippen LogP contribution in [0.1, 0.15) is 25.0 Å². The molecule has 0 aromatic heterocycles. The summed E-state index contributed by atoms with van der Waals surface area (Å²) in [6, 6.07) is 59.5. The van der Waals surface area contributed by atoms with Crippen LogP contribution in [0.4, 0.5) is 17.1 Å². The van der Waals surface area contributed by atoms with Crippen molar-refractivity contribution in [1.82, 2.24) is 0 Å². The van der Waals surface area contributed by atoms with E-state index >= 15 is 0 Å². The Balaban J connectivity index is 1.15. The Hall–Kier alpha value is -5.40. The van der Waals surface area contributed by atoms with Crippen LogP contribution in [0.3, 0.4) is 0 Å². The van der Waals surface area contributed by atoms with Gasteiger partial charge in [-0.3, -0.25) is 0 Å². The second-order valence-corrected chi connectivity index (χ2v) is 12.3. The van der Waals surface area contributed by atoms with Gasteiger partial charge in [0.2, 0.25) is 0 Å². The number of hydrogen-bond donors (Lipinski definition) is 0. The highest BCUT2D eigenvalue weighted by Gasteiger charge is 2.35. The summed E-state index contributed by atoms with van der Waals surface area (Å²) in [5.41, 5.74) is 13.8. The molecule has 0 radical (unpaired) electrons. The number of para-hydroxylation sites is 1. The summed E-state index contributed by atoms with van der Waals surface area (Å²) in [6.07, 6.45) is 0. The van der Waals surface area contributed by atoms with Gasteiger partial charge in [-0.1, -0.05) is 123 Å². The Morgan fingerprint density at radius 3 is 1.45 bits per heavy atom. The van der Waals surface area contributed by atoms with E-state index in [0.29, 0.717) is 0 Å². The van der Waals surface area contributed by atoms with Crippen molar-refractivity contribution in [3.8, 4) is 33.4 Å². The average molecular weight is 564 g/mol. The molecule has 0 bridgehead atoms. The van der Waals surface area contributed by atoms with Gasteiger partial charge in [0.1, 0.15) is 0 Å². The smallest absolute Gasteiger partial charge is 0.0462 e. The van der Waals surface area contributed by atoms with Crippen LogP contribution in [0.5, 0.6) is 0 Å². The maximum atomic E-state index is 2.41. The summed E-state index contributed by atoms with van der Waals surface area (Å²) in [4.78, 5) is 2.33. The number of anilines is 3. The van der Waals surface area contributed by atoms with E-state index in [4.69, 9.17) is 0 Å². The van der Waals surface area contributed by atoms with Crippen molar-refractivity contribution in [2.45, 2.75) is 19.3 Å². The monoisotopic (exact) mass is 563 g/mol. The molecule has 1 nitrogen and oxygen atoms in total. The molecule has 210 valence electrons. The van der Waals surface area contributed by atoms with Gasteiger partial charge in [0.25, 0.3) is 0 Å². The van der Waals surface area contributed by atoms with E-state index in [-0.39, 0.29) is 5.41 Å². The molecule has 8 rings (SSSR count). The Bertz CT molecular complexity index is 2110. The summed E-state index contributed by atoms with van der Waals surface area (Å²) < 4.78 is 0. The molecule has 0 atom stereocenters. The van der Waals surface area contributed by atoms with Crippen LogP contribution in [-0.2, 0) is 5.41 Å². The van der Waals surface area contributed by atoms with Crippen LogP contribution >= 0.6 is 0 Å². The Morgan fingerprint density at radius 1 is 0.364 bits per heavy atom. The van der Waals surface area contributed by atoms with Gasteiger partial charge < -0.3 is 4.90 Å². The minimum Gasteiger partial charge on any atom is -0.311 e. The largest absolute Gasteiger partial charge is 0.311 e. The van der Waals surface area contributed by atoms with Gasteiger partial charge in [0.15, 0.2) is 0 Å². The average Bonchev–Trinajstić information content (AvgIpc) is 3.30. The molecule has 0 aliphatic heterocycles. The van der Waals surface area contributed by atoms with Gasteiger partial charge in [0.05, 0.1) is 0 Å². The van der Waals surface area contributed by atoms with Crippen LogP contribution in [0, 0.1) is 0 Å². The minimum absolute atomic E-state index is 0.0549. The SMILES string of the molecule is CC1(C)c2cc(-c3ccc(N(c4ccccc4)c4ccc(-c5ccccc5)cc4)cc3)ccc2-c2cc3ccccc3cc21. The van der Waals surface area contributed by atoms with E-state index in [2.05, 4.69) is 183 Å². The number of rotatable bonds is 5. The molecule has 1 aliphatic rings. The summed E-state index contributed by atoms with van der Waals surface area (Å²) in [5, 5.41) is 2.60. The molecular formula is C43H33N. The van der Waals surface area contributed by atoms with Crippen LogP contribution in [0.25, 0.3) is 44.2 Å². The maximum absolute atomic E-state index is 2.41. The molecule has 1 heteroatoms. The van der Waals surface area contributed by atoms with Crippen molar-refractivity contribution < 1.29 is 0 Å². The van der Waals surface area contributed by atoms with Crippen molar-refractivity contribution in [2.75, 3.05) is 4.90 Å². The van der Waals surface area contributed by atoms with E-state index in [0.717, 1.165) is 17.1 Å². The number of hydrogen-bond acceptors (Lipinski definition) is 1. The fourth-order valence-electron chi connectivity index (χ4n) is 6.86. The third-order valence-electron chi connectivity index (χ3n) is 9.25. The summed E-state index contributed by atoms with van der Waals surface area (Å²) >= 11 is 0. The van der Waals surface area contributed by atoms with Crippen molar-refractivity contribution in [3.63, 3.8) is 0 Å². The number of nitrogens with zero attached hydrogens (tertiary/aromatic N) is 1. The van der Waals surface area contributed by atoms with Crippen molar-refractivity contribution in [2.24, 2.45) is 0 Å². The maximum Gasteiger partial charge on any atom is 0.0462 e. The normalized spacial score (nSPS) is 13.0. The van der Waals surface area contributed by atoms with E-state index in [1.54, 1.807) is 0 Å². The second kappa shape index (κ2) is 10.4. The third kappa shape index (κ3) is 4.41. The Kier molecular flexibility index (Phi) is 6.20. The fourth-order valence-corrected chi connectivity index (χ4v) is 6.86. The topological polar surface area (TPSA) is 3.24 Å². The second-order valence-electron chi connectivity index (χ2n) is 12.3. The zero-order valence-corrected chi connectivity index (χ0v) is 25.0. The Labute approximate surface area is 259 Å². The Morgan fingerprint density at radius 2 is 0.818 bits per heavy atom. The van der Waals surface area contributed by atoms with E-state index in [1.807, 2.05) is 0 Å². The first kappa shape index (κ1) is 26.2. The van der Waals surface area contributed by atoms with Crippen molar-refractivity contribution >= 4 is 27.8 Å². The first-order chi connectivity index (χ1) is 21.6. The van der Waals surface area contributed by atoms with Gasteiger partial charge in [-0.25, -0.2) is 0 Å². The van der Waals surface area contributed by atoms with Crippen molar-refractivity contribution in [1.29, 1.82) is 0 Å². The first-order valence-electron chi connectivity index (χ1n) is 15.4. The number of benzene rings is 7. The lowest BCUT2D eigenvalue weighted by molar-refractivity contribution is 0.661. The standard InChI is InChI=1S/C43H33N/c1-43(2)41-29-35(21-26-39(41)40-27-33-13-9-10-14-34(33)28-42(40)43)32-19-24-38(25-20-32)44(36-15-7-4-8-16-36)37-22-17-31(18-23-37)30-11-5-3-6-12-30/h3-29H,1-2H3. The number of fused-ring (bicyclic) bond motifs is 4. The van der Waals surface area contributed by atoms with Crippen LogP contribution in [-0.4, -0.2) is 0 Å². The van der Waals surface area contributed by atoms with Crippen LogP contribution in [0.2, 0.25) is 0 Å². The molecule has 0 spiro atoms. The lowest BCUT2D eigenvalue weighted by atomic mass is 9.81. The van der Waals surface area contributed by atoms with Gasteiger partial charge in [-0.2, -0.15) is 0 Å². The molecular weight excluding hydrogens is 530 g/mol. The zero-order valence-electron chi connectivity index (χ0n) is 25.0. The van der Waals surface area contributed by atoms with Crippen molar-refractivity contribution in [3.05, 3.63) is 175 Å². The third-order valence-corrected chi connectivity index (χ3v) is 9.25. The highest BCUT2D eigenvalue weighted by Crippen LogP contribution is 2.51. The highest BCUT2D eigenvalue weighted by atomic mass is 15.1. The molecule has 7 aromatic carbocycles.